The molecule has 1 heterocycles. The summed E-state index contributed by atoms with van der Waals surface area (Å²) >= 11 is 0. The molecule has 1 saturated carbocycles. The van der Waals surface area contributed by atoms with Crippen molar-refractivity contribution in [1.82, 2.24) is 15.1 Å². The van der Waals surface area contributed by atoms with E-state index in [1.54, 1.807) is 6.20 Å². The van der Waals surface area contributed by atoms with Crippen molar-refractivity contribution in [2.75, 3.05) is 6.54 Å². The minimum Gasteiger partial charge on any atom is -0.356 e. The number of carbonyl (C=O) groups excluding carboxylic acids is 1. The molecule has 0 saturated heterocycles. The van der Waals surface area contributed by atoms with Crippen molar-refractivity contribution in [3.05, 3.63) is 18.5 Å². The Labute approximate surface area is 108 Å². The molecule has 0 radical (unpaired) electrons. The van der Waals surface area contributed by atoms with Crippen LogP contribution in [0.5, 0.6) is 0 Å². The summed E-state index contributed by atoms with van der Waals surface area (Å²) in [4.78, 5) is 11.8. The summed E-state index contributed by atoms with van der Waals surface area (Å²) in [6.45, 7) is 1.52. The zero-order valence-electron chi connectivity index (χ0n) is 10.8. The third-order valence-electron chi connectivity index (χ3n) is 3.56. The summed E-state index contributed by atoms with van der Waals surface area (Å²) in [5.41, 5.74) is 5.92. The Morgan fingerprint density at radius 1 is 1.44 bits per heavy atom. The quantitative estimate of drug-likeness (QED) is 0.741. The predicted octanol–water partition coefficient (Wildman–Crippen LogP) is 1.05. The van der Waals surface area contributed by atoms with E-state index in [1.165, 1.54) is 0 Å². The molecule has 5 nitrogen and oxygen atoms in total. The van der Waals surface area contributed by atoms with Crippen LogP contribution in [0, 0.1) is 0 Å². The van der Waals surface area contributed by atoms with Gasteiger partial charge in [0.15, 0.2) is 0 Å². The van der Waals surface area contributed by atoms with Gasteiger partial charge in [-0.2, -0.15) is 5.10 Å². The molecule has 1 aromatic rings. The fourth-order valence-corrected chi connectivity index (χ4v) is 2.54. The highest BCUT2D eigenvalue weighted by atomic mass is 16.1. The van der Waals surface area contributed by atoms with Gasteiger partial charge < -0.3 is 11.1 Å². The summed E-state index contributed by atoms with van der Waals surface area (Å²) in [6.07, 6.45) is 9.32. The normalized spacial score (nSPS) is 17.8. The highest BCUT2D eigenvalue weighted by Gasteiger charge is 2.31. The van der Waals surface area contributed by atoms with E-state index in [-0.39, 0.29) is 11.4 Å². The van der Waals surface area contributed by atoms with Gasteiger partial charge in [-0.1, -0.05) is 12.8 Å². The first-order valence-electron chi connectivity index (χ1n) is 6.71. The smallest absolute Gasteiger partial charge is 0.221 e. The van der Waals surface area contributed by atoms with E-state index < -0.39 is 0 Å². The number of hydrogen-bond acceptors (Lipinski definition) is 3. The van der Waals surface area contributed by atoms with E-state index in [2.05, 4.69) is 10.4 Å². The van der Waals surface area contributed by atoms with Crippen molar-refractivity contribution < 1.29 is 4.79 Å². The molecule has 0 aliphatic heterocycles. The number of aryl methyl sites for hydroxylation is 1. The van der Waals surface area contributed by atoms with Crippen molar-refractivity contribution in [1.29, 1.82) is 0 Å². The molecule has 0 bridgehead atoms. The summed E-state index contributed by atoms with van der Waals surface area (Å²) in [5.74, 6) is 0.0832. The van der Waals surface area contributed by atoms with Gasteiger partial charge >= 0.3 is 0 Å². The second kappa shape index (κ2) is 6.00. The maximum absolute atomic E-state index is 11.8. The van der Waals surface area contributed by atoms with Crippen LogP contribution < -0.4 is 11.1 Å². The Balaban J connectivity index is 1.60. The second-order valence-corrected chi connectivity index (χ2v) is 5.22. The van der Waals surface area contributed by atoms with Gasteiger partial charge in [0.25, 0.3) is 0 Å². The Bertz CT molecular complexity index is 368. The van der Waals surface area contributed by atoms with E-state index in [0.29, 0.717) is 13.0 Å². The van der Waals surface area contributed by atoms with Crippen LogP contribution in [0.1, 0.15) is 38.5 Å². The van der Waals surface area contributed by atoms with Crippen LogP contribution in [0.25, 0.3) is 0 Å². The number of nitrogens with one attached hydrogen (secondary N) is 1. The molecule has 0 atom stereocenters. The molecule has 2 rings (SSSR count). The lowest BCUT2D eigenvalue weighted by Crippen LogP contribution is -2.42. The zero-order chi connectivity index (χ0) is 12.8. The first-order chi connectivity index (χ1) is 8.68. The molecular weight excluding hydrogens is 228 g/mol. The maximum Gasteiger partial charge on any atom is 0.221 e. The average Bonchev–Trinajstić information content (AvgIpc) is 2.96. The molecule has 18 heavy (non-hydrogen) atoms. The summed E-state index contributed by atoms with van der Waals surface area (Å²) < 4.78 is 1.87. The number of hydrogen-bond donors (Lipinski definition) is 2. The van der Waals surface area contributed by atoms with E-state index >= 15 is 0 Å². The Morgan fingerprint density at radius 2 is 2.22 bits per heavy atom. The van der Waals surface area contributed by atoms with Crippen LogP contribution >= 0.6 is 0 Å². The number of carbonyl (C=O) groups is 1. The molecule has 1 aromatic heterocycles. The predicted molar refractivity (Wildman–Crippen MR) is 69.9 cm³/mol. The molecule has 0 aromatic carbocycles. The number of amides is 1. The molecule has 1 amide bonds. The van der Waals surface area contributed by atoms with Gasteiger partial charge in [-0.15, -0.1) is 0 Å². The molecule has 1 aliphatic carbocycles. The van der Waals surface area contributed by atoms with Crippen LogP contribution in [0.4, 0.5) is 0 Å². The zero-order valence-corrected chi connectivity index (χ0v) is 10.8. The SMILES string of the molecule is NC1(CC(=O)NCCCn2cccn2)CCCC1. The highest BCUT2D eigenvalue weighted by Crippen LogP contribution is 2.29. The van der Waals surface area contributed by atoms with Gasteiger partial charge in [0.05, 0.1) is 0 Å². The van der Waals surface area contributed by atoms with Gasteiger partial charge in [0.1, 0.15) is 0 Å². The first kappa shape index (κ1) is 13.1. The fraction of sp³-hybridized carbons (Fsp3) is 0.692. The maximum atomic E-state index is 11.8. The summed E-state index contributed by atoms with van der Waals surface area (Å²) in [5, 5.41) is 7.05. The molecule has 1 fully saturated rings. The molecule has 0 unspecified atom stereocenters. The molecular formula is C13H22N4O. The molecule has 1 aliphatic rings. The lowest BCUT2D eigenvalue weighted by atomic mass is 9.94. The Kier molecular flexibility index (Phi) is 4.36. The van der Waals surface area contributed by atoms with Crippen LogP contribution in [0.3, 0.4) is 0 Å². The van der Waals surface area contributed by atoms with Crippen molar-refractivity contribution in [3.63, 3.8) is 0 Å². The van der Waals surface area contributed by atoms with Gasteiger partial charge in [-0.05, 0) is 25.3 Å². The average molecular weight is 250 g/mol. The number of rotatable bonds is 6. The van der Waals surface area contributed by atoms with Crippen LogP contribution in [-0.2, 0) is 11.3 Å². The minimum absolute atomic E-state index is 0.0832. The van der Waals surface area contributed by atoms with Crippen molar-refractivity contribution in [2.45, 2.75) is 50.6 Å². The molecule has 5 heteroatoms. The van der Waals surface area contributed by atoms with Crippen molar-refractivity contribution >= 4 is 5.91 Å². The number of nitrogens with zero attached hydrogens (tertiary/aromatic N) is 2. The van der Waals surface area contributed by atoms with E-state index in [4.69, 9.17) is 5.73 Å². The topological polar surface area (TPSA) is 72.9 Å². The summed E-state index contributed by atoms with van der Waals surface area (Å²) in [6, 6.07) is 1.90. The Hall–Kier alpha value is -1.36. The lowest BCUT2D eigenvalue weighted by molar-refractivity contribution is -0.122. The highest BCUT2D eigenvalue weighted by molar-refractivity contribution is 5.77. The van der Waals surface area contributed by atoms with E-state index in [1.807, 2.05) is 16.9 Å². The first-order valence-corrected chi connectivity index (χ1v) is 6.71. The third kappa shape index (κ3) is 3.84. The fourth-order valence-electron chi connectivity index (χ4n) is 2.54. The van der Waals surface area contributed by atoms with E-state index in [0.717, 1.165) is 38.6 Å². The van der Waals surface area contributed by atoms with Gasteiger partial charge in [0, 0.05) is 37.4 Å². The number of aromatic nitrogens is 2. The number of nitrogens with two attached hydrogens (primary N) is 1. The van der Waals surface area contributed by atoms with Crippen LogP contribution in [0.15, 0.2) is 18.5 Å². The molecule has 100 valence electrons. The monoisotopic (exact) mass is 250 g/mol. The van der Waals surface area contributed by atoms with Crippen molar-refractivity contribution in [2.24, 2.45) is 5.73 Å². The minimum atomic E-state index is -0.244. The van der Waals surface area contributed by atoms with E-state index in [9.17, 15) is 4.79 Å². The lowest BCUT2D eigenvalue weighted by Gasteiger charge is -2.22. The molecule has 0 spiro atoms. The van der Waals surface area contributed by atoms with Crippen LogP contribution in [-0.4, -0.2) is 27.8 Å². The Morgan fingerprint density at radius 3 is 2.89 bits per heavy atom. The van der Waals surface area contributed by atoms with Gasteiger partial charge in [0.2, 0.25) is 5.91 Å². The van der Waals surface area contributed by atoms with Crippen molar-refractivity contribution in [3.8, 4) is 0 Å². The standard InChI is InChI=1S/C13H22N4O/c14-13(5-1-2-6-13)11-12(18)15-7-3-9-17-10-4-8-16-17/h4,8,10H,1-3,5-7,9,11,14H2,(H,15,18). The van der Waals surface area contributed by atoms with Crippen LogP contribution in [0.2, 0.25) is 0 Å². The van der Waals surface area contributed by atoms with Gasteiger partial charge in [-0.3, -0.25) is 9.48 Å². The molecule has 3 N–H and O–H groups in total. The third-order valence-corrected chi connectivity index (χ3v) is 3.56. The largest absolute Gasteiger partial charge is 0.356 e. The second-order valence-electron chi connectivity index (χ2n) is 5.22. The summed E-state index contributed by atoms with van der Waals surface area (Å²) in [7, 11) is 0. The van der Waals surface area contributed by atoms with Gasteiger partial charge in [-0.25, -0.2) is 0 Å².